The normalized spacial score (nSPS) is 11.1. The molecule has 0 aliphatic heterocycles. The molecule has 0 saturated heterocycles. The first-order valence-electron chi connectivity index (χ1n) is 7.71. The van der Waals surface area contributed by atoms with Crippen LogP contribution in [0.4, 0.5) is 0 Å². The van der Waals surface area contributed by atoms with E-state index < -0.39 is 0 Å². The lowest BCUT2D eigenvalue weighted by molar-refractivity contribution is -0.121. The quantitative estimate of drug-likeness (QED) is 0.688. The Bertz CT molecular complexity index is 457. The Morgan fingerprint density at radius 2 is 2.10 bits per heavy atom. The van der Waals surface area contributed by atoms with E-state index in [2.05, 4.69) is 29.6 Å². The highest BCUT2D eigenvalue weighted by Crippen LogP contribution is 2.21. The summed E-state index contributed by atoms with van der Waals surface area (Å²) in [7, 11) is 0. The van der Waals surface area contributed by atoms with E-state index in [0.717, 1.165) is 35.9 Å². The number of aromatic nitrogens is 2. The van der Waals surface area contributed by atoms with Crippen molar-refractivity contribution in [2.75, 3.05) is 13.1 Å². The van der Waals surface area contributed by atoms with E-state index in [9.17, 15) is 4.79 Å². The fraction of sp³-hybridized carbons (Fsp3) is 0.733. The van der Waals surface area contributed by atoms with E-state index >= 15 is 0 Å². The maximum Gasteiger partial charge on any atom is 0.221 e. The van der Waals surface area contributed by atoms with Crippen LogP contribution in [0.3, 0.4) is 0 Å². The molecule has 0 aliphatic carbocycles. The number of rotatable bonds is 9. The molecule has 6 heteroatoms. The van der Waals surface area contributed by atoms with Crippen molar-refractivity contribution in [3.8, 4) is 0 Å². The Morgan fingerprint density at radius 1 is 1.38 bits per heavy atom. The van der Waals surface area contributed by atoms with Crippen molar-refractivity contribution in [3.05, 3.63) is 16.4 Å². The van der Waals surface area contributed by atoms with Crippen molar-refractivity contribution < 1.29 is 4.79 Å². The molecular weight excluding hydrogens is 288 g/mol. The van der Waals surface area contributed by atoms with Gasteiger partial charge in [-0.25, -0.2) is 0 Å². The van der Waals surface area contributed by atoms with Crippen LogP contribution in [0, 0.1) is 5.92 Å². The van der Waals surface area contributed by atoms with Crippen molar-refractivity contribution in [1.82, 2.24) is 20.4 Å². The van der Waals surface area contributed by atoms with E-state index in [-0.39, 0.29) is 5.91 Å². The summed E-state index contributed by atoms with van der Waals surface area (Å²) in [5.41, 5.74) is 1.93. The molecule has 0 aliphatic rings. The van der Waals surface area contributed by atoms with Crippen LogP contribution >= 0.6 is 11.6 Å². The molecule has 2 N–H and O–H groups in total. The molecule has 0 aromatic carbocycles. The zero-order chi connectivity index (χ0) is 15.8. The first-order valence-corrected chi connectivity index (χ1v) is 8.08. The molecular formula is C15H27ClN4O. The number of nitrogens with zero attached hydrogens (tertiary/aromatic N) is 2. The van der Waals surface area contributed by atoms with Gasteiger partial charge in [0.1, 0.15) is 0 Å². The molecule has 1 aromatic rings. The molecule has 1 aromatic heterocycles. The lowest BCUT2D eigenvalue weighted by atomic mass is 10.2. The lowest BCUT2D eigenvalue weighted by Gasteiger charge is -2.09. The van der Waals surface area contributed by atoms with Crippen LogP contribution in [0.2, 0.25) is 5.02 Å². The van der Waals surface area contributed by atoms with Crippen molar-refractivity contribution in [1.29, 1.82) is 0 Å². The number of hydrogen-bond acceptors (Lipinski definition) is 3. The maximum atomic E-state index is 11.6. The van der Waals surface area contributed by atoms with Gasteiger partial charge in [-0.1, -0.05) is 32.4 Å². The molecule has 21 heavy (non-hydrogen) atoms. The van der Waals surface area contributed by atoms with Crippen LogP contribution < -0.4 is 10.6 Å². The highest BCUT2D eigenvalue weighted by atomic mass is 35.5. The Morgan fingerprint density at radius 3 is 2.67 bits per heavy atom. The predicted octanol–water partition coefficient (Wildman–Crippen LogP) is 2.37. The van der Waals surface area contributed by atoms with Crippen LogP contribution in [-0.2, 0) is 24.3 Å². The summed E-state index contributed by atoms with van der Waals surface area (Å²) >= 11 is 6.33. The van der Waals surface area contributed by atoms with Gasteiger partial charge < -0.3 is 10.6 Å². The van der Waals surface area contributed by atoms with Gasteiger partial charge in [-0.3, -0.25) is 9.48 Å². The molecule has 1 rings (SSSR count). The predicted molar refractivity (Wildman–Crippen MR) is 86.5 cm³/mol. The third-order valence-electron chi connectivity index (χ3n) is 3.22. The van der Waals surface area contributed by atoms with E-state index in [1.54, 1.807) is 0 Å². The molecule has 0 saturated carbocycles. The Kier molecular flexibility index (Phi) is 7.75. The summed E-state index contributed by atoms with van der Waals surface area (Å²) < 4.78 is 1.92. The Hall–Kier alpha value is -1.07. The first-order chi connectivity index (χ1) is 9.99. The number of aryl methyl sites for hydroxylation is 2. The van der Waals surface area contributed by atoms with E-state index in [4.69, 9.17) is 11.6 Å². The minimum Gasteiger partial charge on any atom is -0.356 e. The summed E-state index contributed by atoms with van der Waals surface area (Å²) in [4.78, 5) is 11.6. The molecule has 0 fully saturated rings. The molecule has 5 nitrogen and oxygen atoms in total. The van der Waals surface area contributed by atoms with Crippen LogP contribution in [0.15, 0.2) is 0 Å². The molecule has 1 heterocycles. The average Bonchev–Trinajstić information content (AvgIpc) is 2.77. The summed E-state index contributed by atoms with van der Waals surface area (Å²) in [6, 6.07) is 0. The third-order valence-corrected chi connectivity index (χ3v) is 3.66. The topological polar surface area (TPSA) is 59.0 Å². The van der Waals surface area contributed by atoms with Gasteiger partial charge in [0.05, 0.1) is 16.4 Å². The molecule has 0 unspecified atom stereocenters. The summed E-state index contributed by atoms with van der Waals surface area (Å²) in [5, 5.41) is 11.4. The second-order valence-corrected chi connectivity index (χ2v) is 5.88. The Labute approximate surface area is 132 Å². The molecule has 0 bridgehead atoms. The summed E-state index contributed by atoms with van der Waals surface area (Å²) in [6.45, 7) is 11.1. The number of halogens is 1. The maximum absolute atomic E-state index is 11.6. The van der Waals surface area contributed by atoms with Gasteiger partial charge in [0.2, 0.25) is 5.91 Å². The fourth-order valence-electron chi connectivity index (χ4n) is 2.00. The smallest absolute Gasteiger partial charge is 0.221 e. The first kappa shape index (κ1) is 18.0. The van der Waals surface area contributed by atoms with Crippen molar-refractivity contribution >= 4 is 17.5 Å². The highest BCUT2D eigenvalue weighted by Gasteiger charge is 2.13. The third kappa shape index (κ3) is 5.67. The molecule has 120 valence electrons. The van der Waals surface area contributed by atoms with Crippen molar-refractivity contribution in [2.45, 2.75) is 53.6 Å². The van der Waals surface area contributed by atoms with E-state index in [1.807, 2.05) is 18.5 Å². The zero-order valence-corrected chi connectivity index (χ0v) is 14.3. The average molecular weight is 315 g/mol. The van der Waals surface area contributed by atoms with Crippen LogP contribution in [0.1, 0.15) is 45.5 Å². The summed E-state index contributed by atoms with van der Waals surface area (Å²) in [5.74, 6) is 0.563. The minimum absolute atomic E-state index is 0.0838. The second-order valence-electron chi connectivity index (χ2n) is 5.50. The van der Waals surface area contributed by atoms with Gasteiger partial charge in [-0.2, -0.15) is 5.10 Å². The number of carbonyl (C=O) groups excluding carboxylic acids is 1. The minimum atomic E-state index is 0.0838. The number of hydrogen-bond donors (Lipinski definition) is 2. The van der Waals surface area contributed by atoms with Gasteiger partial charge in [0, 0.05) is 32.6 Å². The molecule has 0 atom stereocenters. The van der Waals surface area contributed by atoms with Crippen LogP contribution in [0.5, 0.6) is 0 Å². The molecule has 0 spiro atoms. The van der Waals surface area contributed by atoms with Gasteiger partial charge >= 0.3 is 0 Å². The van der Waals surface area contributed by atoms with E-state index in [1.165, 1.54) is 0 Å². The standard InChI is InChI=1S/C15H27ClN4O/c1-5-12-15(16)13(20(6-2)19-12)10-17-8-7-14(21)18-9-11(3)4/h11,17H,5-10H2,1-4H3,(H,18,21). The highest BCUT2D eigenvalue weighted by molar-refractivity contribution is 6.31. The Balaban J connectivity index is 2.39. The van der Waals surface area contributed by atoms with Crippen molar-refractivity contribution in [3.63, 3.8) is 0 Å². The SMILES string of the molecule is CCc1nn(CC)c(CNCCC(=O)NCC(C)C)c1Cl. The number of nitrogens with one attached hydrogen (secondary N) is 2. The van der Waals surface area contributed by atoms with Crippen LogP contribution in [0.25, 0.3) is 0 Å². The summed E-state index contributed by atoms with van der Waals surface area (Å²) in [6.07, 6.45) is 1.31. The van der Waals surface area contributed by atoms with Gasteiger partial charge in [0.15, 0.2) is 0 Å². The van der Waals surface area contributed by atoms with Crippen molar-refractivity contribution in [2.24, 2.45) is 5.92 Å². The van der Waals surface area contributed by atoms with Gasteiger partial charge in [-0.15, -0.1) is 0 Å². The number of amides is 1. The van der Waals surface area contributed by atoms with Gasteiger partial charge in [-0.05, 0) is 19.3 Å². The van der Waals surface area contributed by atoms with Crippen LogP contribution in [-0.4, -0.2) is 28.8 Å². The van der Waals surface area contributed by atoms with Gasteiger partial charge in [0.25, 0.3) is 0 Å². The second kappa shape index (κ2) is 9.05. The monoisotopic (exact) mass is 314 g/mol. The largest absolute Gasteiger partial charge is 0.356 e. The van der Waals surface area contributed by atoms with E-state index in [0.29, 0.717) is 25.4 Å². The lowest BCUT2D eigenvalue weighted by Crippen LogP contribution is -2.30. The fourth-order valence-corrected chi connectivity index (χ4v) is 2.34. The molecule has 0 radical (unpaired) electrons. The molecule has 1 amide bonds. The number of carbonyl (C=O) groups is 1. The zero-order valence-electron chi connectivity index (χ0n) is 13.5.